The summed E-state index contributed by atoms with van der Waals surface area (Å²) in [5.41, 5.74) is 0.563. The number of rotatable bonds is 7. The van der Waals surface area contributed by atoms with Crippen LogP contribution in [-0.4, -0.2) is 23.9 Å². The van der Waals surface area contributed by atoms with Crippen molar-refractivity contribution in [3.8, 4) is 11.5 Å². The zero-order valence-corrected chi connectivity index (χ0v) is 19.5. The highest BCUT2D eigenvalue weighted by Gasteiger charge is 2.27. The fourth-order valence-electron chi connectivity index (χ4n) is 3.20. The monoisotopic (exact) mass is 516 g/mol. The van der Waals surface area contributed by atoms with Crippen LogP contribution in [0.2, 0.25) is 10.0 Å². The lowest BCUT2D eigenvalue weighted by atomic mass is 10.1. The molecule has 11 heteroatoms. The first-order valence-corrected chi connectivity index (χ1v) is 10.7. The van der Waals surface area contributed by atoms with Gasteiger partial charge in [-0.05, 0) is 35.9 Å². The molecule has 1 aliphatic heterocycles. The van der Waals surface area contributed by atoms with E-state index < -0.39 is 16.7 Å². The number of nitro benzene ring substituents is 1. The molecule has 4 rings (SSSR count). The molecule has 0 amide bonds. The summed E-state index contributed by atoms with van der Waals surface area (Å²) in [5, 5.41) is 11.3. The van der Waals surface area contributed by atoms with Crippen LogP contribution in [0.5, 0.6) is 11.5 Å². The highest BCUT2D eigenvalue weighted by molar-refractivity contribution is 6.34. The van der Waals surface area contributed by atoms with Crippen molar-refractivity contribution in [2.45, 2.75) is 6.61 Å². The minimum atomic E-state index is -0.780. The van der Waals surface area contributed by atoms with Crippen LogP contribution in [0.15, 0.2) is 65.3 Å². The van der Waals surface area contributed by atoms with Crippen LogP contribution in [-0.2, 0) is 16.1 Å². The second-order valence-corrected chi connectivity index (χ2v) is 7.99. The van der Waals surface area contributed by atoms with E-state index >= 15 is 0 Å². The second-order valence-electron chi connectivity index (χ2n) is 7.17. The van der Waals surface area contributed by atoms with E-state index in [4.69, 9.17) is 37.4 Å². The van der Waals surface area contributed by atoms with Crippen LogP contribution in [0.3, 0.4) is 0 Å². The molecule has 1 heterocycles. The first-order valence-electron chi connectivity index (χ1n) is 9.97. The predicted octanol–water partition coefficient (Wildman–Crippen LogP) is 5.97. The molecule has 0 unspecified atom stereocenters. The Labute approximate surface area is 208 Å². The van der Waals surface area contributed by atoms with Crippen molar-refractivity contribution in [2.75, 3.05) is 7.11 Å². The van der Waals surface area contributed by atoms with Crippen molar-refractivity contribution >= 4 is 46.8 Å². The van der Waals surface area contributed by atoms with Gasteiger partial charge in [-0.3, -0.25) is 10.1 Å². The highest BCUT2D eigenvalue weighted by atomic mass is 35.5. The number of cyclic esters (lactones) is 1. The van der Waals surface area contributed by atoms with Crippen LogP contribution in [0.1, 0.15) is 16.7 Å². The molecule has 1 aliphatic rings. The number of hydrogen-bond acceptors (Lipinski definition) is 7. The Morgan fingerprint density at radius 2 is 1.91 bits per heavy atom. The largest absolute Gasteiger partial charge is 0.493 e. The summed E-state index contributed by atoms with van der Waals surface area (Å²) in [6.07, 6.45) is 1.40. The Balaban J connectivity index is 1.63. The number of esters is 1. The number of hydrogen-bond donors (Lipinski definition) is 0. The lowest BCUT2D eigenvalue weighted by Crippen LogP contribution is -2.06. The van der Waals surface area contributed by atoms with Crippen LogP contribution >= 0.6 is 23.2 Å². The summed E-state index contributed by atoms with van der Waals surface area (Å²) in [7, 11) is 1.41. The molecule has 0 spiro atoms. The lowest BCUT2D eigenvalue weighted by molar-refractivity contribution is -0.384. The maximum Gasteiger partial charge on any atom is 0.363 e. The van der Waals surface area contributed by atoms with Gasteiger partial charge in [0.15, 0.2) is 17.2 Å². The Morgan fingerprint density at radius 3 is 2.63 bits per heavy atom. The molecule has 3 aromatic rings. The van der Waals surface area contributed by atoms with Gasteiger partial charge in [-0.15, -0.1) is 0 Å². The van der Waals surface area contributed by atoms with Crippen molar-refractivity contribution < 1.29 is 28.3 Å². The highest BCUT2D eigenvalue weighted by Crippen LogP contribution is 2.38. The number of non-ortho nitro benzene ring substituents is 1. The second kappa shape index (κ2) is 10.1. The number of halogens is 3. The summed E-state index contributed by atoms with van der Waals surface area (Å²) in [6.45, 7) is -0.0762. The van der Waals surface area contributed by atoms with Crippen molar-refractivity contribution in [1.82, 2.24) is 0 Å². The van der Waals surface area contributed by atoms with Crippen LogP contribution < -0.4 is 9.47 Å². The number of nitrogens with zero attached hydrogens (tertiary/aromatic N) is 2. The summed E-state index contributed by atoms with van der Waals surface area (Å²) in [5.74, 6) is -0.921. The molecule has 0 radical (unpaired) electrons. The third kappa shape index (κ3) is 5.26. The van der Waals surface area contributed by atoms with Gasteiger partial charge in [0.1, 0.15) is 12.4 Å². The zero-order chi connectivity index (χ0) is 25.1. The van der Waals surface area contributed by atoms with Crippen molar-refractivity contribution in [1.29, 1.82) is 0 Å². The Bertz CT molecular complexity index is 1410. The van der Waals surface area contributed by atoms with Gasteiger partial charge in [-0.1, -0.05) is 41.4 Å². The molecule has 0 aromatic heterocycles. The van der Waals surface area contributed by atoms with Crippen LogP contribution in [0.25, 0.3) is 6.08 Å². The van der Waals surface area contributed by atoms with Crippen molar-refractivity contribution in [3.63, 3.8) is 0 Å². The molecule has 178 valence electrons. The topological polar surface area (TPSA) is 100 Å². The number of carbonyl (C=O) groups excluding carboxylic acids is 1. The summed E-state index contributed by atoms with van der Waals surface area (Å²) in [6, 6.07) is 12.9. The zero-order valence-electron chi connectivity index (χ0n) is 18.0. The average molecular weight is 517 g/mol. The number of ether oxygens (including phenoxy) is 3. The predicted molar refractivity (Wildman–Crippen MR) is 127 cm³/mol. The third-order valence-electron chi connectivity index (χ3n) is 4.90. The van der Waals surface area contributed by atoms with Crippen LogP contribution in [0, 0.1) is 15.9 Å². The minimum Gasteiger partial charge on any atom is -0.493 e. The van der Waals surface area contributed by atoms with Gasteiger partial charge < -0.3 is 14.2 Å². The molecule has 0 aliphatic carbocycles. The molecular weight excluding hydrogens is 502 g/mol. The van der Waals surface area contributed by atoms with E-state index in [1.54, 1.807) is 24.3 Å². The third-order valence-corrected chi connectivity index (χ3v) is 5.51. The van der Waals surface area contributed by atoms with Gasteiger partial charge >= 0.3 is 5.97 Å². The molecule has 8 nitrogen and oxygen atoms in total. The van der Waals surface area contributed by atoms with E-state index in [2.05, 4.69) is 4.99 Å². The number of aliphatic imine (C=N–C) groups is 1. The smallest absolute Gasteiger partial charge is 0.363 e. The van der Waals surface area contributed by atoms with Gasteiger partial charge in [0.2, 0.25) is 5.90 Å². The number of methoxy groups -OCH3 is 1. The summed E-state index contributed by atoms with van der Waals surface area (Å²) >= 11 is 12.5. The number of nitro groups is 1. The first-order chi connectivity index (χ1) is 16.8. The van der Waals surface area contributed by atoms with E-state index in [0.29, 0.717) is 11.1 Å². The molecule has 35 heavy (non-hydrogen) atoms. The van der Waals surface area contributed by atoms with Gasteiger partial charge in [-0.2, -0.15) is 0 Å². The molecule has 0 atom stereocenters. The van der Waals surface area contributed by atoms with E-state index in [1.807, 2.05) is 0 Å². The van der Waals surface area contributed by atoms with E-state index in [-0.39, 0.29) is 51.0 Å². The fraction of sp³-hybridized carbons (Fsp3) is 0.0833. The SMILES string of the molecule is COc1cc(/C=C2\N=C(c3cc([N+](=O)[O-])ccc3Cl)OC2=O)cc(Cl)c1OCc1ccccc1F. The number of benzene rings is 3. The van der Waals surface area contributed by atoms with Gasteiger partial charge in [0, 0.05) is 17.7 Å². The summed E-state index contributed by atoms with van der Waals surface area (Å²) < 4.78 is 30.1. The quantitative estimate of drug-likeness (QED) is 0.166. The van der Waals surface area contributed by atoms with E-state index in [1.165, 1.54) is 43.5 Å². The maximum absolute atomic E-state index is 13.9. The van der Waals surface area contributed by atoms with E-state index in [0.717, 1.165) is 0 Å². The average Bonchev–Trinajstić information content (AvgIpc) is 3.18. The standard InChI is InChI=1S/C24H15Cl2FN2O6/c1-33-21-10-13(8-18(26)22(21)34-12-14-4-2-3-5-19(14)27)9-20-24(30)35-23(28-20)16-11-15(29(31)32)6-7-17(16)25/h2-11H,12H2,1H3/b20-9-. The maximum atomic E-state index is 13.9. The van der Waals surface area contributed by atoms with E-state index in [9.17, 15) is 19.3 Å². The van der Waals surface area contributed by atoms with Gasteiger partial charge in [-0.25, -0.2) is 14.2 Å². The molecule has 0 bridgehead atoms. The Hall–Kier alpha value is -3.95. The minimum absolute atomic E-state index is 0.0762. The summed E-state index contributed by atoms with van der Waals surface area (Å²) in [4.78, 5) is 27.0. The molecule has 0 fully saturated rings. The first kappa shape index (κ1) is 24.2. The Morgan fingerprint density at radius 1 is 1.14 bits per heavy atom. The van der Waals surface area contributed by atoms with Crippen molar-refractivity contribution in [3.05, 3.63) is 103 Å². The Kier molecular flexibility index (Phi) is 6.99. The molecule has 3 aromatic carbocycles. The van der Waals surface area contributed by atoms with Crippen molar-refractivity contribution in [2.24, 2.45) is 4.99 Å². The lowest BCUT2D eigenvalue weighted by Gasteiger charge is -2.13. The molecule has 0 N–H and O–H groups in total. The molecular formula is C24H15Cl2FN2O6. The van der Waals surface area contributed by atoms with Gasteiger partial charge in [0.25, 0.3) is 5.69 Å². The fourth-order valence-corrected chi connectivity index (χ4v) is 3.67. The molecule has 0 saturated heterocycles. The normalized spacial score (nSPS) is 14.0. The van der Waals surface area contributed by atoms with Crippen LogP contribution in [0.4, 0.5) is 10.1 Å². The van der Waals surface area contributed by atoms with Gasteiger partial charge in [0.05, 0.1) is 27.6 Å². The molecule has 0 saturated carbocycles. The number of carbonyl (C=O) groups is 1.